The van der Waals surface area contributed by atoms with Crippen LogP contribution in [0.25, 0.3) is 49.7 Å². The van der Waals surface area contributed by atoms with Crippen LogP contribution in [0.3, 0.4) is 0 Å². The van der Waals surface area contributed by atoms with E-state index in [4.69, 9.17) is 9.47 Å². The molecule has 0 saturated heterocycles. The molecule has 0 spiro atoms. The van der Waals surface area contributed by atoms with E-state index < -0.39 is 0 Å². The number of hydrogen-bond donors (Lipinski definition) is 0. The summed E-state index contributed by atoms with van der Waals surface area (Å²) in [6.07, 6.45) is 0. The molecule has 11 rings (SSSR count). The highest BCUT2D eigenvalue weighted by Gasteiger charge is 2.35. The molecule has 0 radical (unpaired) electrons. The van der Waals surface area contributed by atoms with Gasteiger partial charge in [0, 0.05) is 38.9 Å². The Morgan fingerprint density at radius 2 is 1.02 bits per heavy atom. The van der Waals surface area contributed by atoms with Crippen LogP contribution >= 0.6 is 0 Å². The number of benzene rings is 8. The van der Waals surface area contributed by atoms with Crippen LogP contribution in [-0.4, -0.2) is 4.57 Å². The number of nitrogens with zero attached hydrogens (tertiary/aromatic N) is 2. The van der Waals surface area contributed by atoms with Gasteiger partial charge in [0.25, 0.3) is 0 Å². The van der Waals surface area contributed by atoms with Crippen LogP contribution in [0.4, 0.5) is 17.1 Å². The van der Waals surface area contributed by atoms with Crippen molar-refractivity contribution in [1.82, 2.24) is 4.57 Å². The third-order valence-corrected chi connectivity index (χ3v) is 11.4. The summed E-state index contributed by atoms with van der Waals surface area (Å²) in [6.45, 7) is 4.69. The van der Waals surface area contributed by atoms with Crippen molar-refractivity contribution in [2.24, 2.45) is 0 Å². The van der Waals surface area contributed by atoms with E-state index in [2.05, 4.69) is 175 Å². The molecule has 0 atom stereocenters. The molecule has 0 saturated carbocycles. The van der Waals surface area contributed by atoms with Crippen LogP contribution < -0.4 is 14.4 Å². The first-order chi connectivity index (χ1) is 27.0. The minimum Gasteiger partial charge on any atom is -0.450 e. The smallest absolute Gasteiger partial charge is 0.170 e. The first-order valence-corrected chi connectivity index (χ1v) is 18.8. The molecule has 1 aliphatic carbocycles. The molecule has 2 heterocycles. The Bertz CT molecular complexity index is 2960. The molecule has 4 nitrogen and oxygen atoms in total. The number of ether oxygens (including phenoxy) is 2. The third-order valence-electron chi connectivity index (χ3n) is 11.4. The quantitative estimate of drug-likeness (QED) is 0.178. The maximum absolute atomic E-state index is 6.25. The van der Waals surface area contributed by atoms with Gasteiger partial charge in [-0.05, 0) is 118 Å². The van der Waals surface area contributed by atoms with E-state index in [1.807, 2.05) is 30.3 Å². The number of anilines is 3. The van der Waals surface area contributed by atoms with Crippen molar-refractivity contribution in [3.8, 4) is 50.9 Å². The van der Waals surface area contributed by atoms with E-state index in [9.17, 15) is 0 Å². The van der Waals surface area contributed by atoms with Gasteiger partial charge >= 0.3 is 0 Å². The minimum absolute atomic E-state index is 0.122. The molecule has 2 aliphatic rings. The van der Waals surface area contributed by atoms with Crippen LogP contribution in [0, 0.1) is 0 Å². The number of hydrogen-bond acceptors (Lipinski definition) is 3. The fourth-order valence-corrected chi connectivity index (χ4v) is 8.74. The summed E-state index contributed by atoms with van der Waals surface area (Å²) in [4.78, 5) is 2.40. The summed E-state index contributed by atoms with van der Waals surface area (Å²) < 4.78 is 14.8. The van der Waals surface area contributed by atoms with E-state index in [0.717, 1.165) is 51.1 Å². The Kier molecular flexibility index (Phi) is 6.86. The van der Waals surface area contributed by atoms with Crippen LogP contribution in [-0.2, 0) is 5.41 Å². The Hall–Kier alpha value is -7.04. The second kappa shape index (κ2) is 12.0. The first-order valence-electron chi connectivity index (χ1n) is 18.8. The Morgan fingerprint density at radius 3 is 1.85 bits per heavy atom. The van der Waals surface area contributed by atoms with Gasteiger partial charge < -0.3 is 18.9 Å². The second-order valence-corrected chi connectivity index (χ2v) is 15.0. The summed E-state index contributed by atoms with van der Waals surface area (Å²) in [7, 11) is 0. The highest BCUT2D eigenvalue weighted by atomic mass is 16.6. The van der Waals surface area contributed by atoms with Gasteiger partial charge in [0.1, 0.15) is 0 Å². The second-order valence-electron chi connectivity index (χ2n) is 15.0. The Labute approximate surface area is 320 Å². The van der Waals surface area contributed by atoms with Crippen molar-refractivity contribution < 1.29 is 9.47 Å². The van der Waals surface area contributed by atoms with Crippen LogP contribution in [0.5, 0.6) is 23.0 Å². The molecule has 55 heavy (non-hydrogen) atoms. The molecule has 0 fully saturated rings. The van der Waals surface area contributed by atoms with Crippen molar-refractivity contribution in [3.63, 3.8) is 0 Å². The number of para-hydroxylation sites is 4. The lowest BCUT2D eigenvalue weighted by molar-refractivity contribution is 0.360. The van der Waals surface area contributed by atoms with Crippen LogP contribution in [0.1, 0.15) is 25.0 Å². The summed E-state index contributed by atoms with van der Waals surface area (Å²) >= 11 is 0. The van der Waals surface area contributed by atoms with Crippen LogP contribution in [0.15, 0.2) is 182 Å². The van der Waals surface area contributed by atoms with Crippen molar-refractivity contribution in [2.75, 3.05) is 4.90 Å². The highest BCUT2D eigenvalue weighted by molar-refractivity contribution is 6.10. The molecule has 1 aliphatic heterocycles. The average Bonchev–Trinajstić information content (AvgIpc) is 3.68. The summed E-state index contributed by atoms with van der Waals surface area (Å²) in [5.74, 6) is 2.89. The summed E-state index contributed by atoms with van der Waals surface area (Å²) in [5, 5.41) is 2.44. The van der Waals surface area contributed by atoms with E-state index >= 15 is 0 Å². The van der Waals surface area contributed by atoms with Crippen molar-refractivity contribution in [3.05, 3.63) is 193 Å². The molecule has 4 heteroatoms. The van der Waals surface area contributed by atoms with E-state index in [1.54, 1.807) is 0 Å². The lowest BCUT2D eigenvalue weighted by Gasteiger charge is -2.28. The van der Waals surface area contributed by atoms with Gasteiger partial charge in [0.2, 0.25) is 0 Å². The highest BCUT2D eigenvalue weighted by Crippen LogP contribution is 2.51. The lowest BCUT2D eigenvalue weighted by atomic mass is 9.82. The predicted molar refractivity (Wildman–Crippen MR) is 225 cm³/mol. The molecule has 0 N–H and O–H groups in total. The zero-order valence-corrected chi connectivity index (χ0v) is 30.5. The molecule has 8 aromatic carbocycles. The third kappa shape index (κ3) is 4.92. The van der Waals surface area contributed by atoms with Gasteiger partial charge in [-0.1, -0.05) is 111 Å². The van der Waals surface area contributed by atoms with Gasteiger partial charge in [-0.15, -0.1) is 0 Å². The van der Waals surface area contributed by atoms with Gasteiger partial charge in [0.15, 0.2) is 23.0 Å². The minimum atomic E-state index is -0.122. The Balaban J connectivity index is 1.05. The first kappa shape index (κ1) is 31.5. The number of aromatic nitrogens is 1. The maximum Gasteiger partial charge on any atom is 0.170 e. The average molecular weight is 709 g/mol. The van der Waals surface area contributed by atoms with Crippen molar-refractivity contribution in [2.45, 2.75) is 19.3 Å². The Morgan fingerprint density at radius 1 is 0.418 bits per heavy atom. The van der Waals surface area contributed by atoms with E-state index in [0.29, 0.717) is 5.75 Å². The molecule has 262 valence electrons. The zero-order valence-electron chi connectivity index (χ0n) is 30.5. The van der Waals surface area contributed by atoms with Gasteiger partial charge in [-0.25, -0.2) is 0 Å². The molecular formula is C51H36N2O2. The van der Waals surface area contributed by atoms with Gasteiger partial charge in [-0.3, -0.25) is 0 Å². The number of rotatable bonds is 5. The van der Waals surface area contributed by atoms with Crippen molar-refractivity contribution in [1.29, 1.82) is 0 Å². The molecule has 0 amide bonds. The maximum atomic E-state index is 6.25. The summed E-state index contributed by atoms with van der Waals surface area (Å²) in [6, 6.07) is 64.9. The summed E-state index contributed by atoms with van der Waals surface area (Å²) in [5.41, 5.74) is 14.2. The van der Waals surface area contributed by atoms with Gasteiger partial charge in [0.05, 0.1) is 11.0 Å². The van der Waals surface area contributed by atoms with E-state index in [-0.39, 0.29) is 5.41 Å². The number of fused-ring (bicyclic) bond motifs is 8. The predicted octanol–water partition coefficient (Wildman–Crippen LogP) is 14.1. The SMILES string of the molecule is CC1(C)c2ccccc2-c2ccc(N(c3ccc(-c4ccc5c(c4)Oc4ccccc4O5)cc3)c3ccc4c(c3)c3ccccc3n4-c3ccccc3)cc21. The molecule has 0 bridgehead atoms. The van der Waals surface area contributed by atoms with Crippen molar-refractivity contribution >= 4 is 38.9 Å². The van der Waals surface area contributed by atoms with Gasteiger partial charge in [-0.2, -0.15) is 0 Å². The topological polar surface area (TPSA) is 26.6 Å². The monoisotopic (exact) mass is 708 g/mol. The zero-order chi connectivity index (χ0) is 36.7. The normalized spacial score (nSPS) is 13.3. The fourth-order valence-electron chi connectivity index (χ4n) is 8.74. The molecule has 9 aromatic rings. The van der Waals surface area contributed by atoms with Crippen LogP contribution in [0.2, 0.25) is 0 Å². The molecular weight excluding hydrogens is 673 g/mol. The lowest BCUT2D eigenvalue weighted by Crippen LogP contribution is -2.16. The largest absolute Gasteiger partial charge is 0.450 e. The fraction of sp³-hybridized carbons (Fsp3) is 0.0588. The standard InChI is InChI=1S/C51H36N2O2/c1-51(2)43-16-8-6-14-39(43)40-27-25-38(32-44(40)51)52(37-26-28-46-42(31-37)41-15-7-9-17-45(41)53(46)35-12-4-3-5-13-35)36-23-20-33(21-24-36)34-22-29-49-50(30-34)55-48-19-11-10-18-47(48)54-49/h3-32H,1-2H3. The molecule has 0 unspecified atom stereocenters. The van der Waals surface area contributed by atoms with E-state index in [1.165, 1.54) is 44.1 Å². The molecule has 1 aromatic heterocycles.